The van der Waals surface area contributed by atoms with Crippen molar-refractivity contribution in [3.05, 3.63) is 42.4 Å². The lowest BCUT2D eigenvalue weighted by atomic mass is 10.1. The summed E-state index contributed by atoms with van der Waals surface area (Å²) in [5, 5.41) is 10.3. The molecule has 1 amide bonds. The van der Waals surface area contributed by atoms with Crippen molar-refractivity contribution in [3.8, 4) is 5.75 Å². The Bertz CT molecular complexity index is 658. The lowest BCUT2D eigenvalue weighted by Crippen LogP contribution is -2.32. The van der Waals surface area contributed by atoms with Crippen molar-refractivity contribution in [1.82, 2.24) is 14.9 Å². The van der Waals surface area contributed by atoms with Crippen LogP contribution in [0.1, 0.15) is 29.2 Å². The molecule has 122 valence electrons. The van der Waals surface area contributed by atoms with Gasteiger partial charge in [-0.05, 0) is 18.6 Å². The third kappa shape index (κ3) is 3.68. The molecule has 3 rings (SSSR count). The molecular formula is C16H19N3O4. The van der Waals surface area contributed by atoms with Gasteiger partial charge in [0.25, 0.3) is 5.91 Å². The number of aromatic nitrogens is 2. The second-order valence-electron chi connectivity index (χ2n) is 5.53. The third-order valence-corrected chi connectivity index (χ3v) is 3.85. The van der Waals surface area contributed by atoms with Crippen molar-refractivity contribution in [2.75, 3.05) is 13.1 Å². The van der Waals surface area contributed by atoms with Crippen molar-refractivity contribution in [1.29, 1.82) is 0 Å². The largest absolute Gasteiger partial charge is 0.486 e. The van der Waals surface area contributed by atoms with Gasteiger partial charge in [-0.15, -0.1) is 0 Å². The highest BCUT2D eigenvalue weighted by Crippen LogP contribution is 2.20. The summed E-state index contributed by atoms with van der Waals surface area (Å²) < 4.78 is 10.9. The molecule has 0 bridgehead atoms. The predicted molar refractivity (Wildman–Crippen MR) is 81.0 cm³/mol. The van der Waals surface area contributed by atoms with E-state index in [0.29, 0.717) is 43.3 Å². The molecule has 1 aliphatic rings. The number of nitrogens with zero attached hydrogens (tertiary/aromatic N) is 3. The van der Waals surface area contributed by atoms with E-state index in [-0.39, 0.29) is 12.0 Å². The van der Waals surface area contributed by atoms with E-state index in [4.69, 9.17) is 9.15 Å². The first-order valence-corrected chi connectivity index (χ1v) is 7.59. The Morgan fingerprint density at radius 3 is 2.96 bits per heavy atom. The highest BCUT2D eigenvalue weighted by Gasteiger charge is 2.29. The minimum atomic E-state index is -0.632. The summed E-state index contributed by atoms with van der Waals surface area (Å²) in [5.41, 5.74) is 0.295. The van der Waals surface area contributed by atoms with Crippen LogP contribution in [-0.2, 0) is 0 Å². The minimum Gasteiger partial charge on any atom is -0.486 e. The molecule has 2 aromatic heterocycles. The van der Waals surface area contributed by atoms with Crippen LogP contribution in [0.3, 0.4) is 0 Å². The van der Waals surface area contributed by atoms with Gasteiger partial charge in [0.1, 0.15) is 18.1 Å². The van der Waals surface area contributed by atoms with Crippen LogP contribution in [-0.4, -0.2) is 51.2 Å². The minimum absolute atomic E-state index is 0.184. The number of hydrogen-bond donors (Lipinski definition) is 1. The smallest absolute Gasteiger partial charge is 0.275 e. The van der Waals surface area contributed by atoms with Gasteiger partial charge in [0, 0.05) is 32.6 Å². The number of hydrogen-bond acceptors (Lipinski definition) is 6. The summed E-state index contributed by atoms with van der Waals surface area (Å²) in [6.07, 6.45) is 4.63. The van der Waals surface area contributed by atoms with E-state index in [1.165, 1.54) is 6.26 Å². The summed E-state index contributed by atoms with van der Waals surface area (Å²) in [5.74, 6) is 0.889. The van der Waals surface area contributed by atoms with E-state index in [9.17, 15) is 9.90 Å². The number of carbonyl (C=O) groups excluding carboxylic acids is 1. The molecule has 0 aliphatic carbocycles. The van der Waals surface area contributed by atoms with Crippen LogP contribution in [0, 0.1) is 6.92 Å². The van der Waals surface area contributed by atoms with Crippen molar-refractivity contribution in [2.24, 2.45) is 0 Å². The molecule has 1 fully saturated rings. The molecule has 7 nitrogen and oxygen atoms in total. The maximum atomic E-state index is 12.4. The number of aliphatic hydroxyl groups excluding tert-OH is 1. The molecule has 3 heterocycles. The lowest BCUT2D eigenvalue weighted by Gasteiger charge is -2.21. The highest BCUT2D eigenvalue weighted by molar-refractivity contribution is 5.92. The topological polar surface area (TPSA) is 88.7 Å². The Morgan fingerprint density at radius 2 is 2.26 bits per heavy atom. The first-order chi connectivity index (χ1) is 11.1. The van der Waals surface area contributed by atoms with E-state index >= 15 is 0 Å². The number of ether oxygens (including phenoxy) is 1. The van der Waals surface area contributed by atoms with Crippen molar-refractivity contribution in [3.63, 3.8) is 0 Å². The van der Waals surface area contributed by atoms with E-state index in [2.05, 4.69) is 9.97 Å². The number of likely N-dealkylation sites (tertiary alicyclic amines) is 1. The van der Waals surface area contributed by atoms with E-state index < -0.39 is 6.10 Å². The van der Waals surface area contributed by atoms with Crippen LogP contribution in [0.4, 0.5) is 0 Å². The molecule has 1 aliphatic heterocycles. The zero-order chi connectivity index (χ0) is 16.2. The number of pyridine rings is 1. The first-order valence-electron chi connectivity index (χ1n) is 7.59. The fourth-order valence-corrected chi connectivity index (χ4v) is 2.62. The zero-order valence-electron chi connectivity index (χ0n) is 12.9. The average molecular weight is 317 g/mol. The molecule has 0 aromatic carbocycles. The molecular weight excluding hydrogens is 298 g/mol. The van der Waals surface area contributed by atoms with Crippen molar-refractivity contribution < 1.29 is 19.1 Å². The molecule has 2 aromatic rings. The SMILES string of the molecule is Cc1nc(C(=O)N2CC[C@H](Oc3cccnc3)[C@@H](O)CC2)co1. The van der Waals surface area contributed by atoms with Gasteiger partial charge in [0.05, 0.1) is 12.3 Å². The summed E-state index contributed by atoms with van der Waals surface area (Å²) in [4.78, 5) is 22.1. The molecule has 0 spiro atoms. The number of oxazole rings is 1. The Kier molecular flexibility index (Phi) is 4.57. The summed E-state index contributed by atoms with van der Waals surface area (Å²) in [6, 6.07) is 3.58. The van der Waals surface area contributed by atoms with Gasteiger partial charge >= 0.3 is 0 Å². The molecule has 1 N–H and O–H groups in total. The molecule has 0 radical (unpaired) electrons. The number of rotatable bonds is 3. The lowest BCUT2D eigenvalue weighted by molar-refractivity contribution is 0.0348. The van der Waals surface area contributed by atoms with E-state index in [0.717, 1.165) is 0 Å². The van der Waals surface area contributed by atoms with Crippen LogP contribution < -0.4 is 4.74 Å². The van der Waals surface area contributed by atoms with Gasteiger partial charge in [-0.1, -0.05) is 0 Å². The molecule has 0 saturated carbocycles. The van der Waals surface area contributed by atoms with Gasteiger partial charge in [0.2, 0.25) is 0 Å². The first kappa shape index (κ1) is 15.5. The van der Waals surface area contributed by atoms with E-state index in [1.807, 2.05) is 0 Å². The van der Waals surface area contributed by atoms with Crippen LogP contribution >= 0.6 is 0 Å². The third-order valence-electron chi connectivity index (χ3n) is 3.85. The van der Waals surface area contributed by atoms with Gasteiger partial charge < -0.3 is 19.2 Å². The van der Waals surface area contributed by atoms with Gasteiger partial charge in [0.15, 0.2) is 11.6 Å². The van der Waals surface area contributed by atoms with E-state index in [1.54, 1.807) is 36.4 Å². The predicted octanol–water partition coefficient (Wildman–Crippen LogP) is 1.42. The Morgan fingerprint density at radius 1 is 1.43 bits per heavy atom. The number of amides is 1. The molecule has 0 unspecified atom stereocenters. The number of aliphatic hydroxyl groups is 1. The van der Waals surface area contributed by atoms with Crippen LogP contribution in [0.15, 0.2) is 35.2 Å². The maximum absolute atomic E-state index is 12.4. The summed E-state index contributed by atoms with van der Waals surface area (Å²) in [7, 11) is 0. The molecule has 7 heteroatoms. The van der Waals surface area contributed by atoms with Crippen molar-refractivity contribution in [2.45, 2.75) is 32.0 Å². The number of aryl methyl sites for hydroxylation is 1. The second kappa shape index (κ2) is 6.78. The zero-order valence-corrected chi connectivity index (χ0v) is 12.9. The summed E-state index contributed by atoms with van der Waals surface area (Å²) >= 11 is 0. The highest BCUT2D eigenvalue weighted by atomic mass is 16.5. The molecule has 2 atom stereocenters. The van der Waals surface area contributed by atoms with Gasteiger partial charge in [-0.2, -0.15) is 0 Å². The maximum Gasteiger partial charge on any atom is 0.275 e. The Labute approximate surface area is 133 Å². The van der Waals surface area contributed by atoms with Gasteiger partial charge in [-0.3, -0.25) is 9.78 Å². The number of carbonyl (C=O) groups is 1. The second-order valence-corrected chi connectivity index (χ2v) is 5.53. The fraction of sp³-hybridized carbons (Fsp3) is 0.438. The molecule has 23 heavy (non-hydrogen) atoms. The van der Waals surface area contributed by atoms with Crippen LogP contribution in [0.25, 0.3) is 0 Å². The summed E-state index contributed by atoms with van der Waals surface area (Å²) in [6.45, 7) is 2.65. The van der Waals surface area contributed by atoms with Crippen molar-refractivity contribution >= 4 is 5.91 Å². The standard InChI is InChI=1S/C16H19N3O4/c1-11-18-13(10-22-11)16(21)19-7-4-14(20)15(5-8-19)23-12-3-2-6-17-9-12/h2-3,6,9-10,14-15,20H,4-5,7-8H2,1H3/t14-,15-/m0/s1. The van der Waals surface area contributed by atoms with Crippen LogP contribution in [0.5, 0.6) is 5.75 Å². The Hall–Kier alpha value is -2.41. The fourth-order valence-electron chi connectivity index (χ4n) is 2.62. The normalized spacial score (nSPS) is 21.7. The van der Waals surface area contributed by atoms with Crippen LogP contribution in [0.2, 0.25) is 0 Å². The molecule has 1 saturated heterocycles. The van der Waals surface area contributed by atoms with Gasteiger partial charge in [-0.25, -0.2) is 4.98 Å². The quantitative estimate of drug-likeness (QED) is 0.921. The average Bonchev–Trinajstić information content (AvgIpc) is 2.92. The Balaban J connectivity index is 1.64. The monoisotopic (exact) mass is 317 g/mol.